The smallest absolute Gasteiger partial charge is 0.412 e. The highest BCUT2D eigenvalue weighted by molar-refractivity contribution is 7.74. The van der Waals surface area contributed by atoms with Crippen LogP contribution in [0.3, 0.4) is 0 Å². The molecule has 2 aromatic carbocycles. The maximum Gasteiger partial charge on any atom is 0.412 e. The summed E-state index contributed by atoms with van der Waals surface area (Å²) in [5.41, 5.74) is 2.09. The number of hydrogen-bond donors (Lipinski definition) is 3. The lowest BCUT2D eigenvalue weighted by Gasteiger charge is -2.33. The van der Waals surface area contributed by atoms with Gasteiger partial charge in [0.05, 0.1) is 17.9 Å². The number of ketones is 1. The molecule has 0 fully saturated rings. The summed E-state index contributed by atoms with van der Waals surface area (Å²) in [5, 5.41) is 5.38. The molecule has 0 saturated heterocycles. The Kier molecular flexibility index (Phi) is 7.83. The van der Waals surface area contributed by atoms with Crippen LogP contribution in [0.2, 0.25) is 0 Å². The number of unbranched alkanes of at least 4 members (excludes halogenated alkanes) is 1. The molecule has 180 valence electrons. The molecule has 10 heteroatoms. The van der Waals surface area contributed by atoms with E-state index >= 15 is 0 Å². The van der Waals surface area contributed by atoms with Crippen LogP contribution in [0.25, 0.3) is 0 Å². The molecule has 0 unspecified atom stereocenters. The molecule has 1 heterocycles. The van der Waals surface area contributed by atoms with Crippen LogP contribution in [0.4, 0.5) is 21.9 Å². The number of Topliss-reactive ketones (excluding diaryl/α,β-unsaturated/α-hetero) is 1. The second-order valence-electron chi connectivity index (χ2n) is 8.25. The van der Waals surface area contributed by atoms with Gasteiger partial charge < -0.3 is 14.8 Å². The number of para-hydroxylation sites is 1. The molecule has 0 aromatic heterocycles. The van der Waals surface area contributed by atoms with E-state index in [2.05, 4.69) is 23.5 Å². The number of cyclic esters (lactones) is 1. The first kappa shape index (κ1) is 25.1. The van der Waals surface area contributed by atoms with Gasteiger partial charge in [-0.3, -0.25) is 14.9 Å². The third kappa shape index (κ3) is 5.88. The SMILES string of the molecule is CC(=O)Nc1ccc([N+](=CCCCOc2cccc3c2NC(=O)OC3(C)C)OS)c(C(C)=O)c1. The Balaban J connectivity index is 1.68. The molecule has 0 spiro atoms. The Morgan fingerprint density at radius 3 is 2.68 bits per heavy atom. The van der Waals surface area contributed by atoms with E-state index in [9.17, 15) is 14.4 Å². The fourth-order valence-corrected chi connectivity index (χ4v) is 3.79. The zero-order valence-electron chi connectivity index (χ0n) is 19.5. The number of nitrogens with zero attached hydrogens (tertiary/aromatic N) is 1. The first-order chi connectivity index (χ1) is 16.1. The molecule has 34 heavy (non-hydrogen) atoms. The molecule has 2 N–H and O–H groups in total. The van der Waals surface area contributed by atoms with Crippen LogP contribution in [0.1, 0.15) is 56.5 Å². The van der Waals surface area contributed by atoms with Crippen LogP contribution in [-0.2, 0) is 19.4 Å². The average Bonchev–Trinajstić information content (AvgIpc) is 2.75. The van der Waals surface area contributed by atoms with E-state index in [1.165, 1.54) is 18.6 Å². The maximum absolute atomic E-state index is 12.2. The fraction of sp³-hybridized carbons (Fsp3) is 0.333. The number of amides is 2. The molecule has 0 saturated carbocycles. The van der Waals surface area contributed by atoms with Gasteiger partial charge in [-0.1, -0.05) is 12.1 Å². The van der Waals surface area contributed by atoms with Crippen LogP contribution in [0.15, 0.2) is 36.4 Å². The van der Waals surface area contributed by atoms with Crippen molar-refractivity contribution in [2.75, 3.05) is 17.2 Å². The lowest BCUT2D eigenvalue weighted by atomic mass is 9.94. The Hall–Kier alpha value is -3.53. The summed E-state index contributed by atoms with van der Waals surface area (Å²) in [5.74, 6) is 0.153. The Morgan fingerprint density at radius 2 is 2.00 bits per heavy atom. The van der Waals surface area contributed by atoms with Crippen molar-refractivity contribution in [2.24, 2.45) is 0 Å². The van der Waals surface area contributed by atoms with Crippen molar-refractivity contribution in [3.8, 4) is 5.75 Å². The molecule has 3 rings (SSSR count). The van der Waals surface area contributed by atoms with Crippen molar-refractivity contribution in [1.82, 2.24) is 0 Å². The van der Waals surface area contributed by atoms with Gasteiger partial charge in [-0.2, -0.15) is 4.28 Å². The highest BCUT2D eigenvalue weighted by atomic mass is 32.1. The number of benzene rings is 2. The zero-order chi connectivity index (χ0) is 24.9. The van der Waals surface area contributed by atoms with Crippen LogP contribution >= 0.6 is 12.9 Å². The Morgan fingerprint density at radius 1 is 1.24 bits per heavy atom. The van der Waals surface area contributed by atoms with Gasteiger partial charge in [-0.15, -0.1) is 0 Å². The number of anilines is 2. The molecule has 0 atom stereocenters. The molecular formula is C24H28N3O6S+. The van der Waals surface area contributed by atoms with Crippen molar-refractivity contribution in [1.29, 1.82) is 0 Å². The van der Waals surface area contributed by atoms with E-state index in [4.69, 9.17) is 13.8 Å². The minimum atomic E-state index is -0.751. The predicted octanol–water partition coefficient (Wildman–Crippen LogP) is 5.00. The third-order valence-electron chi connectivity index (χ3n) is 5.17. The fourth-order valence-electron chi connectivity index (χ4n) is 3.64. The largest absolute Gasteiger partial charge is 0.491 e. The van der Waals surface area contributed by atoms with Crippen LogP contribution < -0.4 is 15.4 Å². The number of carbonyl (C=O) groups excluding carboxylic acids is 3. The summed E-state index contributed by atoms with van der Waals surface area (Å²) >= 11 is 3.92. The molecule has 1 aliphatic rings. The Bertz CT molecular complexity index is 1150. The van der Waals surface area contributed by atoms with Crippen molar-refractivity contribution in [2.45, 2.75) is 46.1 Å². The van der Waals surface area contributed by atoms with Gasteiger partial charge in [-0.25, -0.2) is 4.79 Å². The Labute approximate surface area is 203 Å². The second kappa shape index (κ2) is 10.6. The summed E-state index contributed by atoms with van der Waals surface area (Å²) in [6, 6.07) is 10.5. The zero-order valence-corrected chi connectivity index (χ0v) is 20.4. The topological polar surface area (TPSA) is 106 Å². The van der Waals surface area contributed by atoms with Gasteiger partial charge in [0.25, 0.3) is 5.69 Å². The lowest BCUT2D eigenvalue weighted by Crippen LogP contribution is -2.34. The van der Waals surface area contributed by atoms with Crippen LogP contribution in [-0.4, -0.2) is 35.3 Å². The summed E-state index contributed by atoms with van der Waals surface area (Å²) in [6.07, 6.45) is 2.41. The van der Waals surface area contributed by atoms with Gasteiger partial charge in [-0.05, 0) is 45.4 Å². The van der Waals surface area contributed by atoms with Gasteiger partial charge in [0.15, 0.2) is 5.78 Å². The first-order valence-corrected chi connectivity index (χ1v) is 11.1. The minimum Gasteiger partial charge on any atom is -0.491 e. The quantitative estimate of drug-likeness (QED) is 0.0877. The summed E-state index contributed by atoms with van der Waals surface area (Å²) < 4.78 is 17.8. The van der Waals surface area contributed by atoms with E-state index in [1.807, 2.05) is 26.0 Å². The normalized spacial score (nSPS) is 14.4. The molecule has 0 aliphatic carbocycles. The van der Waals surface area contributed by atoms with E-state index in [-0.39, 0.29) is 11.7 Å². The van der Waals surface area contributed by atoms with Crippen molar-refractivity contribution in [3.05, 3.63) is 47.5 Å². The van der Waals surface area contributed by atoms with Gasteiger partial charge in [0, 0.05) is 35.4 Å². The second-order valence-corrected chi connectivity index (χ2v) is 8.42. The van der Waals surface area contributed by atoms with Crippen molar-refractivity contribution >= 4 is 54.0 Å². The molecule has 0 bridgehead atoms. The third-order valence-corrected chi connectivity index (χ3v) is 5.35. The maximum atomic E-state index is 12.2. The minimum absolute atomic E-state index is 0.183. The molecule has 9 nitrogen and oxygen atoms in total. The van der Waals surface area contributed by atoms with Crippen molar-refractivity contribution < 1.29 is 32.9 Å². The van der Waals surface area contributed by atoms with Gasteiger partial charge in [0.1, 0.15) is 24.3 Å². The van der Waals surface area contributed by atoms with E-state index in [0.717, 1.165) is 5.56 Å². The molecule has 1 aliphatic heterocycles. The predicted molar refractivity (Wildman–Crippen MR) is 131 cm³/mol. The summed E-state index contributed by atoms with van der Waals surface area (Å²) in [4.78, 5) is 35.4. The molecular weight excluding hydrogens is 458 g/mol. The van der Waals surface area contributed by atoms with E-state index in [0.29, 0.717) is 47.8 Å². The summed E-state index contributed by atoms with van der Waals surface area (Å²) in [6.45, 7) is 6.87. The number of rotatable bonds is 9. The number of hydrogen-bond acceptors (Lipinski definition) is 7. The van der Waals surface area contributed by atoms with E-state index in [1.54, 1.807) is 30.5 Å². The average molecular weight is 487 g/mol. The number of carbonyl (C=O) groups is 3. The summed E-state index contributed by atoms with van der Waals surface area (Å²) in [7, 11) is 0. The number of fused-ring (bicyclic) bond motifs is 1. The van der Waals surface area contributed by atoms with Crippen LogP contribution in [0.5, 0.6) is 5.75 Å². The number of thiol groups is 1. The lowest BCUT2D eigenvalue weighted by molar-refractivity contribution is -0.672. The highest BCUT2D eigenvalue weighted by Gasteiger charge is 2.35. The highest BCUT2D eigenvalue weighted by Crippen LogP contribution is 2.40. The first-order valence-electron chi connectivity index (χ1n) is 10.8. The molecule has 2 amide bonds. The number of nitrogens with one attached hydrogen (secondary N) is 2. The van der Waals surface area contributed by atoms with Crippen molar-refractivity contribution in [3.63, 3.8) is 0 Å². The molecule has 0 radical (unpaired) electrons. The monoisotopic (exact) mass is 486 g/mol. The number of ether oxygens (including phenoxy) is 2. The van der Waals surface area contributed by atoms with Gasteiger partial charge >= 0.3 is 6.09 Å². The van der Waals surface area contributed by atoms with Crippen LogP contribution in [0, 0.1) is 0 Å². The van der Waals surface area contributed by atoms with E-state index < -0.39 is 11.7 Å². The molecule has 2 aromatic rings. The van der Waals surface area contributed by atoms with Gasteiger partial charge in [0.2, 0.25) is 12.1 Å². The standard InChI is InChI=1S/C24H27N3O6S/c1-15(28)18-14-17(25-16(2)29)10-11-20(18)27(33-34)12-5-6-13-31-21-9-7-8-19-22(21)26-23(30)32-24(19,3)4/h7-12,14H,5-6,13H2,1-4H3,(H2-,25,26,29,30,34)/p+1.